The number of ether oxygens (including phenoxy) is 2. The molecule has 0 aliphatic carbocycles. The Morgan fingerprint density at radius 1 is 0.837 bits per heavy atom. The van der Waals surface area contributed by atoms with E-state index in [0.717, 1.165) is 11.1 Å². The van der Waals surface area contributed by atoms with Gasteiger partial charge in [-0.3, -0.25) is 14.4 Å². The minimum absolute atomic E-state index is 0.279. The second kappa shape index (κ2) is 10.1. The van der Waals surface area contributed by atoms with Crippen molar-refractivity contribution < 1.29 is 23.9 Å². The fourth-order valence-electron chi connectivity index (χ4n) is 7.12. The van der Waals surface area contributed by atoms with Gasteiger partial charge < -0.3 is 19.7 Å². The Hall–Kier alpha value is -4.88. The number of fused-ring (bicyclic) bond motifs is 6. The van der Waals surface area contributed by atoms with E-state index in [0.29, 0.717) is 38.9 Å². The van der Waals surface area contributed by atoms with E-state index < -0.39 is 23.4 Å². The first-order valence-corrected chi connectivity index (χ1v) is 14.3. The molecule has 43 heavy (non-hydrogen) atoms. The average molecular weight is 591 g/mol. The van der Waals surface area contributed by atoms with Crippen LogP contribution in [0.5, 0.6) is 11.5 Å². The van der Waals surface area contributed by atoms with Crippen LogP contribution in [-0.2, 0) is 10.2 Å². The molecule has 0 aromatic heterocycles. The highest BCUT2D eigenvalue weighted by Gasteiger charge is 2.70. The summed E-state index contributed by atoms with van der Waals surface area (Å²) >= 11 is 6.17. The van der Waals surface area contributed by atoms with Crippen molar-refractivity contribution in [2.45, 2.75) is 17.5 Å². The molecule has 0 bridgehead atoms. The van der Waals surface area contributed by atoms with Crippen molar-refractivity contribution in [1.29, 1.82) is 0 Å². The molecule has 0 saturated carbocycles. The van der Waals surface area contributed by atoms with Gasteiger partial charge in [-0.1, -0.05) is 54.1 Å². The molecule has 1 saturated heterocycles. The third kappa shape index (κ3) is 3.85. The van der Waals surface area contributed by atoms with E-state index in [9.17, 15) is 14.4 Å². The number of hydrogen-bond acceptors (Lipinski definition) is 6. The van der Waals surface area contributed by atoms with Crippen LogP contribution in [0.4, 0.5) is 5.69 Å². The molecule has 7 rings (SSSR count). The van der Waals surface area contributed by atoms with E-state index in [2.05, 4.69) is 5.32 Å². The molecular formula is C35H27ClN2O5. The van der Waals surface area contributed by atoms with Crippen LogP contribution < -0.4 is 14.8 Å². The molecule has 1 spiro atoms. The Morgan fingerprint density at radius 2 is 1.53 bits per heavy atom. The van der Waals surface area contributed by atoms with Crippen molar-refractivity contribution >= 4 is 40.8 Å². The average Bonchev–Trinajstić information content (AvgIpc) is 3.52. The van der Waals surface area contributed by atoms with E-state index in [1.807, 2.05) is 65.7 Å². The number of carbonyl (C=O) groups is 3. The molecule has 1 amide bonds. The van der Waals surface area contributed by atoms with Gasteiger partial charge in [-0.05, 0) is 71.3 Å². The number of rotatable bonds is 6. The first-order chi connectivity index (χ1) is 20.9. The third-order valence-corrected chi connectivity index (χ3v) is 9.17. The van der Waals surface area contributed by atoms with Gasteiger partial charge in [-0.25, -0.2) is 0 Å². The molecule has 4 atom stereocenters. The van der Waals surface area contributed by atoms with Crippen molar-refractivity contribution in [3.63, 3.8) is 0 Å². The van der Waals surface area contributed by atoms with Crippen LogP contribution in [0.1, 0.15) is 43.4 Å². The highest BCUT2D eigenvalue weighted by molar-refractivity contribution is 6.30. The maximum atomic E-state index is 15.0. The summed E-state index contributed by atoms with van der Waals surface area (Å²) < 4.78 is 10.9. The minimum atomic E-state index is -1.42. The molecule has 8 heteroatoms. The zero-order valence-electron chi connectivity index (χ0n) is 23.4. The number of amides is 1. The van der Waals surface area contributed by atoms with Crippen molar-refractivity contribution in [2.75, 3.05) is 19.5 Å². The summed E-state index contributed by atoms with van der Waals surface area (Å²) in [6.45, 7) is 0. The summed E-state index contributed by atoms with van der Waals surface area (Å²) in [5.41, 5.74) is 2.40. The van der Waals surface area contributed by atoms with Gasteiger partial charge >= 0.3 is 0 Å². The van der Waals surface area contributed by atoms with Gasteiger partial charge in [0.1, 0.15) is 11.5 Å². The molecule has 3 aliphatic heterocycles. The number of nitrogens with zero attached hydrogens (tertiary/aromatic N) is 1. The van der Waals surface area contributed by atoms with Gasteiger partial charge in [0.05, 0.1) is 26.2 Å². The van der Waals surface area contributed by atoms with Gasteiger partial charge in [0.15, 0.2) is 23.1 Å². The molecular weight excluding hydrogens is 564 g/mol. The molecule has 214 valence electrons. The smallest absolute Gasteiger partial charge is 0.238 e. The van der Waals surface area contributed by atoms with Crippen molar-refractivity contribution in [1.82, 2.24) is 4.90 Å². The highest BCUT2D eigenvalue weighted by atomic mass is 35.5. The topological polar surface area (TPSA) is 84.9 Å². The number of benzene rings is 4. The Balaban J connectivity index is 1.52. The molecule has 7 nitrogen and oxygen atoms in total. The SMILES string of the molecule is COc1ccc(C(=O)C2C(C(=O)c3ccc(Cl)cc3)N3C=Cc4ccccc4C3C23C(=O)Nc2ccccc23)cc1OC. The van der Waals surface area contributed by atoms with Gasteiger partial charge in [-0.2, -0.15) is 0 Å². The van der Waals surface area contributed by atoms with Crippen LogP contribution in [0.25, 0.3) is 6.08 Å². The number of nitrogens with one attached hydrogen (secondary N) is 1. The van der Waals surface area contributed by atoms with Gasteiger partial charge in [0, 0.05) is 28.0 Å². The zero-order valence-corrected chi connectivity index (χ0v) is 24.2. The number of anilines is 1. The van der Waals surface area contributed by atoms with E-state index in [4.69, 9.17) is 21.1 Å². The minimum Gasteiger partial charge on any atom is -0.493 e. The second-order valence-corrected chi connectivity index (χ2v) is 11.3. The van der Waals surface area contributed by atoms with Crippen LogP contribution in [0.15, 0.2) is 97.2 Å². The van der Waals surface area contributed by atoms with Gasteiger partial charge in [0.2, 0.25) is 5.91 Å². The Bertz CT molecular complexity index is 1830. The fourth-order valence-corrected chi connectivity index (χ4v) is 7.25. The van der Waals surface area contributed by atoms with Gasteiger partial charge in [-0.15, -0.1) is 0 Å². The summed E-state index contributed by atoms with van der Waals surface area (Å²) in [5, 5.41) is 3.55. The lowest BCUT2D eigenvalue weighted by atomic mass is 9.62. The lowest BCUT2D eigenvalue weighted by Crippen LogP contribution is -2.49. The second-order valence-electron chi connectivity index (χ2n) is 10.9. The van der Waals surface area contributed by atoms with Crippen LogP contribution in [0.3, 0.4) is 0 Å². The van der Waals surface area contributed by atoms with E-state index in [-0.39, 0.29) is 17.5 Å². The fraction of sp³-hybridized carbons (Fsp3) is 0.171. The largest absolute Gasteiger partial charge is 0.493 e. The first-order valence-electron chi connectivity index (χ1n) is 13.9. The Kier molecular flexibility index (Phi) is 6.36. The third-order valence-electron chi connectivity index (χ3n) is 8.92. The summed E-state index contributed by atoms with van der Waals surface area (Å²) in [7, 11) is 3.02. The van der Waals surface area contributed by atoms with E-state index >= 15 is 0 Å². The first kappa shape index (κ1) is 27.0. The van der Waals surface area contributed by atoms with Gasteiger partial charge in [0.25, 0.3) is 0 Å². The van der Waals surface area contributed by atoms with Crippen LogP contribution >= 0.6 is 11.6 Å². The van der Waals surface area contributed by atoms with Crippen molar-refractivity contribution in [3.8, 4) is 11.5 Å². The molecule has 4 unspecified atom stereocenters. The van der Waals surface area contributed by atoms with Crippen LogP contribution in [0.2, 0.25) is 5.02 Å². The number of Topliss-reactive ketones (excluding diaryl/α,β-unsaturated/α-hetero) is 2. The standard InChI is InChI=1S/C35H27ClN2O5/c1-42-27-16-13-22(19-28(27)43-2)31(39)29-30(32(40)21-11-14-23(36)15-12-21)38-18-17-20-7-3-4-8-24(20)33(38)35(29)25-9-5-6-10-26(25)37-34(35)41/h3-19,29-30,33H,1-2H3,(H,37,41). The maximum Gasteiger partial charge on any atom is 0.238 e. The van der Waals surface area contributed by atoms with E-state index in [1.165, 1.54) is 14.2 Å². The summed E-state index contributed by atoms with van der Waals surface area (Å²) in [6, 6.07) is 25.2. The lowest BCUT2D eigenvalue weighted by molar-refractivity contribution is -0.122. The zero-order chi connectivity index (χ0) is 29.9. The number of carbonyl (C=O) groups excluding carboxylic acids is 3. The summed E-state index contributed by atoms with van der Waals surface area (Å²) in [5.74, 6) is -1.20. The predicted molar refractivity (Wildman–Crippen MR) is 164 cm³/mol. The molecule has 1 fully saturated rings. The molecule has 0 radical (unpaired) electrons. The summed E-state index contributed by atoms with van der Waals surface area (Å²) in [4.78, 5) is 46.1. The highest BCUT2D eigenvalue weighted by Crippen LogP contribution is 2.62. The maximum absolute atomic E-state index is 15.0. The predicted octanol–water partition coefficient (Wildman–Crippen LogP) is 6.34. The molecule has 4 aromatic carbocycles. The molecule has 4 aromatic rings. The Labute approximate surface area is 253 Å². The van der Waals surface area contributed by atoms with Crippen molar-refractivity contribution in [2.24, 2.45) is 5.92 Å². The number of para-hydroxylation sites is 1. The van der Waals surface area contributed by atoms with Crippen LogP contribution in [-0.4, -0.2) is 42.6 Å². The quantitative estimate of drug-likeness (QED) is 0.264. The molecule has 3 aliphatic rings. The molecule has 3 heterocycles. The van der Waals surface area contributed by atoms with E-state index in [1.54, 1.807) is 42.5 Å². The monoisotopic (exact) mass is 590 g/mol. The molecule has 1 N–H and O–H groups in total. The summed E-state index contributed by atoms with van der Waals surface area (Å²) in [6.07, 6.45) is 3.78. The van der Waals surface area contributed by atoms with Crippen molar-refractivity contribution in [3.05, 3.63) is 130 Å². The van der Waals surface area contributed by atoms with Crippen LogP contribution in [0, 0.1) is 5.92 Å². The number of ketones is 2. The number of hydrogen-bond donors (Lipinski definition) is 1. The number of methoxy groups -OCH3 is 2. The Morgan fingerprint density at radius 3 is 2.30 bits per heavy atom. The normalized spacial score (nSPS) is 22.9. The lowest BCUT2D eigenvalue weighted by Gasteiger charge is -2.38. The number of halogens is 1.